The minimum absolute atomic E-state index is 0.0976. The number of amides is 1. The van der Waals surface area contributed by atoms with E-state index in [2.05, 4.69) is 20.4 Å². The number of rotatable bonds is 4. The average Bonchev–Trinajstić information content (AvgIpc) is 2.57. The number of nitrogens with zero attached hydrogens (tertiary/aromatic N) is 3. The molecule has 6 heteroatoms. The summed E-state index contributed by atoms with van der Waals surface area (Å²) in [7, 11) is 0. The van der Waals surface area contributed by atoms with Crippen molar-refractivity contribution < 1.29 is 9.53 Å². The van der Waals surface area contributed by atoms with E-state index in [1.807, 2.05) is 36.4 Å². The third kappa shape index (κ3) is 3.79. The van der Waals surface area contributed by atoms with Crippen molar-refractivity contribution in [2.24, 2.45) is 0 Å². The van der Waals surface area contributed by atoms with Crippen LogP contribution in [0.5, 0.6) is 0 Å². The van der Waals surface area contributed by atoms with Gasteiger partial charge in [-0.3, -0.25) is 4.79 Å². The molecule has 0 atom stereocenters. The molecule has 0 saturated carbocycles. The zero-order chi connectivity index (χ0) is 15.2. The average molecular weight is 298 g/mol. The number of morpholine rings is 1. The van der Waals surface area contributed by atoms with Gasteiger partial charge < -0.3 is 15.0 Å². The first kappa shape index (κ1) is 14.5. The summed E-state index contributed by atoms with van der Waals surface area (Å²) in [6.07, 6.45) is 0.327. The number of hydrogen-bond donors (Lipinski definition) is 1. The van der Waals surface area contributed by atoms with Gasteiger partial charge in [0.15, 0.2) is 11.6 Å². The number of ether oxygens (including phenoxy) is 1. The standard InChI is InChI=1S/C16H18N4O2/c21-16(12-13-4-2-1-3-5-13)17-14-6-7-15(19-18-14)20-8-10-22-11-9-20/h1-7H,8-12H2,(H,17,18,21). The van der Waals surface area contributed by atoms with Crippen molar-refractivity contribution in [2.45, 2.75) is 6.42 Å². The highest BCUT2D eigenvalue weighted by atomic mass is 16.5. The summed E-state index contributed by atoms with van der Waals surface area (Å²) in [5.74, 6) is 1.18. The van der Waals surface area contributed by atoms with Crippen molar-refractivity contribution in [1.29, 1.82) is 0 Å². The molecular formula is C16H18N4O2. The summed E-state index contributed by atoms with van der Waals surface area (Å²) >= 11 is 0. The Morgan fingerprint density at radius 3 is 2.55 bits per heavy atom. The molecule has 1 N–H and O–H groups in total. The van der Waals surface area contributed by atoms with Crippen LogP contribution in [0, 0.1) is 0 Å². The normalized spacial score (nSPS) is 14.6. The Morgan fingerprint density at radius 2 is 1.86 bits per heavy atom. The number of benzene rings is 1. The van der Waals surface area contributed by atoms with Gasteiger partial charge in [0, 0.05) is 13.1 Å². The second-order valence-electron chi connectivity index (χ2n) is 5.09. The van der Waals surface area contributed by atoms with Crippen LogP contribution in [0.3, 0.4) is 0 Å². The van der Waals surface area contributed by atoms with Crippen LogP contribution in [0.1, 0.15) is 5.56 Å². The fraction of sp³-hybridized carbons (Fsp3) is 0.312. The molecule has 0 bridgehead atoms. The van der Waals surface area contributed by atoms with E-state index in [-0.39, 0.29) is 5.91 Å². The highest BCUT2D eigenvalue weighted by molar-refractivity contribution is 5.91. The monoisotopic (exact) mass is 298 g/mol. The molecule has 1 amide bonds. The lowest BCUT2D eigenvalue weighted by Crippen LogP contribution is -2.36. The first-order valence-electron chi connectivity index (χ1n) is 7.31. The van der Waals surface area contributed by atoms with Crippen LogP contribution in [-0.4, -0.2) is 42.4 Å². The van der Waals surface area contributed by atoms with E-state index >= 15 is 0 Å². The maximum absolute atomic E-state index is 12.0. The van der Waals surface area contributed by atoms with Crippen molar-refractivity contribution in [3.05, 3.63) is 48.0 Å². The molecule has 114 valence electrons. The number of carbonyl (C=O) groups is 1. The molecule has 1 aliphatic rings. The van der Waals surface area contributed by atoms with Gasteiger partial charge in [0.2, 0.25) is 5.91 Å². The van der Waals surface area contributed by atoms with E-state index < -0.39 is 0 Å². The lowest BCUT2D eigenvalue weighted by Gasteiger charge is -2.27. The van der Waals surface area contributed by atoms with E-state index in [0.29, 0.717) is 25.5 Å². The summed E-state index contributed by atoms with van der Waals surface area (Å²) in [6.45, 7) is 3.04. The zero-order valence-electron chi connectivity index (χ0n) is 12.2. The Kier molecular flexibility index (Phi) is 4.60. The molecule has 0 aliphatic carbocycles. The lowest BCUT2D eigenvalue weighted by atomic mass is 10.1. The van der Waals surface area contributed by atoms with E-state index in [1.54, 1.807) is 6.07 Å². The molecule has 1 fully saturated rings. The van der Waals surface area contributed by atoms with Crippen LogP contribution in [0.25, 0.3) is 0 Å². The molecule has 1 aromatic carbocycles. The number of hydrogen-bond acceptors (Lipinski definition) is 5. The molecule has 6 nitrogen and oxygen atoms in total. The molecule has 1 aromatic heterocycles. The highest BCUT2D eigenvalue weighted by Gasteiger charge is 2.13. The maximum Gasteiger partial charge on any atom is 0.229 e. The van der Waals surface area contributed by atoms with E-state index in [0.717, 1.165) is 24.5 Å². The van der Waals surface area contributed by atoms with Crippen LogP contribution in [0.4, 0.5) is 11.6 Å². The minimum Gasteiger partial charge on any atom is -0.378 e. The molecule has 3 rings (SSSR count). The summed E-state index contributed by atoms with van der Waals surface area (Å²) < 4.78 is 5.31. The smallest absolute Gasteiger partial charge is 0.229 e. The summed E-state index contributed by atoms with van der Waals surface area (Å²) in [4.78, 5) is 14.1. The highest BCUT2D eigenvalue weighted by Crippen LogP contribution is 2.13. The van der Waals surface area contributed by atoms with Crippen LogP contribution in [0.2, 0.25) is 0 Å². The maximum atomic E-state index is 12.0. The third-order valence-electron chi connectivity index (χ3n) is 3.46. The van der Waals surface area contributed by atoms with Crippen molar-refractivity contribution in [2.75, 3.05) is 36.5 Å². The summed E-state index contributed by atoms with van der Waals surface area (Å²) in [6, 6.07) is 13.3. The van der Waals surface area contributed by atoms with Gasteiger partial charge in [-0.2, -0.15) is 0 Å². The van der Waals surface area contributed by atoms with Crippen molar-refractivity contribution in [1.82, 2.24) is 10.2 Å². The second kappa shape index (κ2) is 7.00. The molecular weight excluding hydrogens is 280 g/mol. The van der Waals surface area contributed by atoms with E-state index in [9.17, 15) is 4.79 Å². The van der Waals surface area contributed by atoms with Crippen molar-refractivity contribution in [3.8, 4) is 0 Å². The molecule has 0 unspecified atom stereocenters. The Hall–Kier alpha value is -2.47. The lowest BCUT2D eigenvalue weighted by molar-refractivity contribution is -0.115. The quantitative estimate of drug-likeness (QED) is 0.926. The molecule has 1 saturated heterocycles. The largest absolute Gasteiger partial charge is 0.378 e. The summed E-state index contributed by atoms with van der Waals surface area (Å²) in [5, 5.41) is 11.0. The molecule has 0 radical (unpaired) electrons. The summed E-state index contributed by atoms with van der Waals surface area (Å²) in [5.41, 5.74) is 0.970. The Morgan fingerprint density at radius 1 is 1.09 bits per heavy atom. The van der Waals surface area contributed by atoms with E-state index in [4.69, 9.17) is 4.74 Å². The topological polar surface area (TPSA) is 67.4 Å². The van der Waals surface area contributed by atoms with Gasteiger partial charge in [-0.1, -0.05) is 30.3 Å². The van der Waals surface area contributed by atoms with Crippen molar-refractivity contribution in [3.63, 3.8) is 0 Å². The molecule has 1 aliphatic heterocycles. The number of aromatic nitrogens is 2. The van der Waals surface area contributed by atoms with Crippen LogP contribution < -0.4 is 10.2 Å². The molecule has 22 heavy (non-hydrogen) atoms. The van der Waals surface area contributed by atoms with Gasteiger partial charge in [0.25, 0.3) is 0 Å². The fourth-order valence-corrected chi connectivity index (χ4v) is 2.32. The SMILES string of the molecule is O=C(Cc1ccccc1)Nc1ccc(N2CCOCC2)nn1. The molecule has 2 aromatic rings. The van der Waals surface area contributed by atoms with Crippen LogP contribution in [0.15, 0.2) is 42.5 Å². The number of carbonyl (C=O) groups excluding carboxylic acids is 1. The number of anilines is 2. The first-order valence-corrected chi connectivity index (χ1v) is 7.31. The zero-order valence-corrected chi connectivity index (χ0v) is 12.2. The minimum atomic E-state index is -0.0976. The predicted molar refractivity (Wildman–Crippen MR) is 83.8 cm³/mol. The van der Waals surface area contributed by atoms with Crippen molar-refractivity contribution >= 4 is 17.5 Å². The van der Waals surface area contributed by atoms with E-state index in [1.165, 1.54) is 0 Å². The van der Waals surface area contributed by atoms with Crippen LogP contribution in [-0.2, 0) is 16.0 Å². The molecule has 2 heterocycles. The number of nitrogens with one attached hydrogen (secondary N) is 1. The van der Waals surface area contributed by atoms with Gasteiger partial charge >= 0.3 is 0 Å². The molecule has 0 spiro atoms. The van der Waals surface area contributed by atoms with Gasteiger partial charge in [-0.15, -0.1) is 10.2 Å². The Bertz CT molecular complexity index is 610. The Labute approximate surface area is 129 Å². The van der Waals surface area contributed by atoms with Gasteiger partial charge in [-0.05, 0) is 17.7 Å². The second-order valence-corrected chi connectivity index (χ2v) is 5.09. The fourth-order valence-electron chi connectivity index (χ4n) is 2.32. The van der Waals surface area contributed by atoms with Gasteiger partial charge in [-0.25, -0.2) is 0 Å². The van der Waals surface area contributed by atoms with Gasteiger partial charge in [0.05, 0.1) is 19.6 Å². The Balaban J connectivity index is 1.57. The first-order chi connectivity index (χ1) is 10.8. The van der Waals surface area contributed by atoms with Gasteiger partial charge in [0.1, 0.15) is 0 Å². The van der Waals surface area contributed by atoms with Crippen LogP contribution >= 0.6 is 0 Å². The predicted octanol–water partition coefficient (Wildman–Crippen LogP) is 1.49. The third-order valence-corrected chi connectivity index (χ3v) is 3.46.